The van der Waals surface area contributed by atoms with Crippen molar-refractivity contribution in [3.63, 3.8) is 0 Å². The van der Waals surface area contributed by atoms with Crippen LogP contribution in [0.15, 0.2) is 21.9 Å². The van der Waals surface area contributed by atoms with Gasteiger partial charge in [-0.3, -0.25) is 9.69 Å². The molecule has 110 valence electrons. The number of amides is 3. The molecule has 7 heteroatoms. The maximum atomic E-state index is 12.2. The van der Waals surface area contributed by atoms with Crippen molar-refractivity contribution in [2.24, 2.45) is 0 Å². The summed E-state index contributed by atoms with van der Waals surface area (Å²) in [5.41, 5.74) is -0.273. The minimum Gasteiger partial charge on any atom is -0.440 e. The standard InChI is InChI=1S/C14H15N3O3S/c1-8-9(15-11(20-8)10-5-4-6-21-10)7-17-12(18)14(2,3)16-13(17)19/h4-6H,7H2,1-3H3,(H,16,19). The molecule has 0 bridgehead atoms. The number of aromatic nitrogens is 1. The third kappa shape index (κ3) is 2.33. The number of hydrogen-bond acceptors (Lipinski definition) is 5. The zero-order chi connectivity index (χ0) is 15.2. The highest BCUT2D eigenvalue weighted by Crippen LogP contribution is 2.27. The van der Waals surface area contributed by atoms with Gasteiger partial charge in [-0.05, 0) is 32.2 Å². The molecule has 0 aromatic carbocycles. The quantitative estimate of drug-likeness (QED) is 0.884. The number of nitrogens with zero attached hydrogens (tertiary/aromatic N) is 2. The highest BCUT2D eigenvalue weighted by Gasteiger charge is 2.44. The zero-order valence-electron chi connectivity index (χ0n) is 12.0. The van der Waals surface area contributed by atoms with Gasteiger partial charge in [0.1, 0.15) is 17.0 Å². The Labute approximate surface area is 125 Å². The number of thiophene rings is 1. The number of carbonyl (C=O) groups excluding carboxylic acids is 2. The Bertz CT molecular complexity index is 703. The molecule has 0 atom stereocenters. The first-order valence-corrected chi connectivity index (χ1v) is 7.41. The second-order valence-electron chi connectivity index (χ2n) is 5.45. The molecule has 1 aliphatic heterocycles. The number of rotatable bonds is 3. The van der Waals surface area contributed by atoms with E-state index in [1.807, 2.05) is 17.5 Å². The first kappa shape index (κ1) is 13.8. The topological polar surface area (TPSA) is 75.4 Å². The fourth-order valence-electron chi connectivity index (χ4n) is 2.19. The Kier molecular flexibility index (Phi) is 3.09. The first-order valence-electron chi connectivity index (χ1n) is 6.53. The van der Waals surface area contributed by atoms with Gasteiger partial charge >= 0.3 is 6.03 Å². The van der Waals surface area contributed by atoms with Gasteiger partial charge < -0.3 is 9.73 Å². The summed E-state index contributed by atoms with van der Waals surface area (Å²) in [6.45, 7) is 5.26. The molecule has 6 nitrogen and oxygen atoms in total. The van der Waals surface area contributed by atoms with Gasteiger partial charge in [0.15, 0.2) is 0 Å². The summed E-state index contributed by atoms with van der Waals surface area (Å²) in [6.07, 6.45) is 0. The average molecular weight is 305 g/mol. The van der Waals surface area contributed by atoms with E-state index >= 15 is 0 Å². The van der Waals surface area contributed by atoms with E-state index in [9.17, 15) is 9.59 Å². The predicted molar refractivity (Wildman–Crippen MR) is 77.7 cm³/mol. The molecular weight excluding hydrogens is 290 g/mol. The van der Waals surface area contributed by atoms with Gasteiger partial charge in [-0.15, -0.1) is 11.3 Å². The third-order valence-electron chi connectivity index (χ3n) is 3.38. The molecule has 0 spiro atoms. The van der Waals surface area contributed by atoms with Crippen LogP contribution in [0.2, 0.25) is 0 Å². The van der Waals surface area contributed by atoms with Crippen LogP contribution in [-0.2, 0) is 11.3 Å². The molecule has 3 heterocycles. The third-order valence-corrected chi connectivity index (χ3v) is 4.23. The van der Waals surface area contributed by atoms with Gasteiger partial charge in [0.25, 0.3) is 5.91 Å². The fraction of sp³-hybridized carbons (Fsp3) is 0.357. The summed E-state index contributed by atoms with van der Waals surface area (Å²) in [5.74, 6) is 0.875. The predicted octanol–water partition coefficient (Wildman–Crippen LogP) is 2.54. The smallest absolute Gasteiger partial charge is 0.325 e. The summed E-state index contributed by atoms with van der Waals surface area (Å²) >= 11 is 1.53. The lowest BCUT2D eigenvalue weighted by Crippen LogP contribution is -2.40. The molecule has 1 aliphatic rings. The molecular formula is C14H15N3O3S. The lowest BCUT2D eigenvalue weighted by molar-refractivity contribution is -0.130. The van der Waals surface area contributed by atoms with Crippen LogP contribution in [0, 0.1) is 6.92 Å². The number of urea groups is 1. The van der Waals surface area contributed by atoms with Crippen molar-refractivity contribution in [1.82, 2.24) is 15.2 Å². The summed E-state index contributed by atoms with van der Waals surface area (Å²) in [4.78, 5) is 30.6. The van der Waals surface area contributed by atoms with Crippen molar-refractivity contribution in [2.75, 3.05) is 0 Å². The molecule has 1 N–H and O–H groups in total. The van der Waals surface area contributed by atoms with Crippen LogP contribution in [0.1, 0.15) is 25.3 Å². The molecule has 3 rings (SSSR count). The number of nitrogens with one attached hydrogen (secondary N) is 1. The Morgan fingerprint density at radius 2 is 2.19 bits per heavy atom. The highest BCUT2D eigenvalue weighted by atomic mass is 32.1. The molecule has 2 aromatic rings. The van der Waals surface area contributed by atoms with Gasteiger partial charge in [0.05, 0.1) is 11.4 Å². The number of carbonyl (C=O) groups is 2. The van der Waals surface area contributed by atoms with E-state index in [2.05, 4.69) is 10.3 Å². The lowest BCUT2D eigenvalue weighted by Gasteiger charge is -2.15. The van der Waals surface area contributed by atoms with Gasteiger partial charge in [-0.25, -0.2) is 9.78 Å². The van der Waals surface area contributed by atoms with E-state index in [0.29, 0.717) is 17.3 Å². The van der Waals surface area contributed by atoms with Crippen LogP contribution in [0.5, 0.6) is 0 Å². The molecule has 0 unspecified atom stereocenters. The van der Waals surface area contributed by atoms with Crippen LogP contribution in [0.3, 0.4) is 0 Å². The molecule has 2 aromatic heterocycles. The number of imide groups is 1. The largest absolute Gasteiger partial charge is 0.440 e. The molecule has 0 saturated carbocycles. The monoisotopic (exact) mass is 305 g/mol. The summed E-state index contributed by atoms with van der Waals surface area (Å²) in [6, 6.07) is 3.43. The van der Waals surface area contributed by atoms with Crippen molar-refractivity contribution in [3.8, 4) is 10.8 Å². The highest BCUT2D eigenvalue weighted by molar-refractivity contribution is 7.13. The average Bonchev–Trinajstić information content (AvgIpc) is 3.07. The van der Waals surface area contributed by atoms with Crippen molar-refractivity contribution < 1.29 is 14.0 Å². The summed E-state index contributed by atoms with van der Waals surface area (Å²) < 4.78 is 5.62. The number of aryl methyl sites for hydroxylation is 1. The lowest BCUT2D eigenvalue weighted by atomic mass is 10.1. The zero-order valence-corrected chi connectivity index (χ0v) is 12.8. The Hall–Kier alpha value is -2.15. The Morgan fingerprint density at radius 1 is 1.43 bits per heavy atom. The van der Waals surface area contributed by atoms with Crippen LogP contribution in [0.4, 0.5) is 4.79 Å². The van der Waals surface area contributed by atoms with Gasteiger partial charge in [0, 0.05) is 0 Å². The maximum Gasteiger partial charge on any atom is 0.325 e. The molecule has 0 aliphatic carbocycles. The first-order chi connectivity index (χ1) is 9.88. The summed E-state index contributed by atoms with van der Waals surface area (Å²) in [7, 11) is 0. The minimum absolute atomic E-state index is 0.120. The normalized spacial score (nSPS) is 17.4. The molecule has 1 saturated heterocycles. The van der Waals surface area contributed by atoms with E-state index in [4.69, 9.17) is 4.42 Å². The van der Waals surface area contributed by atoms with Crippen LogP contribution < -0.4 is 5.32 Å². The van der Waals surface area contributed by atoms with E-state index in [1.54, 1.807) is 20.8 Å². The second-order valence-corrected chi connectivity index (χ2v) is 6.39. The molecule has 21 heavy (non-hydrogen) atoms. The van der Waals surface area contributed by atoms with Crippen LogP contribution >= 0.6 is 11.3 Å². The van der Waals surface area contributed by atoms with Crippen molar-refractivity contribution >= 4 is 23.3 Å². The summed E-state index contributed by atoms with van der Waals surface area (Å²) in [5, 5.41) is 4.59. The van der Waals surface area contributed by atoms with Gasteiger partial charge in [0.2, 0.25) is 5.89 Å². The minimum atomic E-state index is -0.870. The number of hydrogen-bond donors (Lipinski definition) is 1. The Balaban J connectivity index is 1.86. The van der Waals surface area contributed by atoms with Gasteiger partial charge in [-0.1, -0.05) is 6.07 Å². The SMILES string of the molecule is Cc1oc(-c2cccs2)nc1CN1C(=O)NC(C)(C)C1=O. The second kappa shape index (κ2) is 4.70. The van der Waals surface area contributed by atoms with Crippen LogP contribution in [-0.4, -0.2) is 27.4 Å². The van der Waals surface area contributed by atoms with Crippen molar-refractivity contribution in [1.29, 1.82) is 0 Å². The van der Waals surface area contributed by atoms with E-state index in [1.165, 1.54) is 16.2 Å². The van der Waals surface area contributed by atoms with E-state index < -0.39 is 11.6 Å². The molecule has 0 radical (unpaired) electrons. The van der Waals surface area contributed by atoms with Crippen molar-refractivity contribution in [2.45, 2.75) is 32.9 Å². The van der Waals surface area contributed by atoms with Crippen molar-refractivity contribution in [3.05, 3.63) is 29.0 Å². The fourth-order valence-corrected chi connectivity index (χ4v) is 2.84. The van der Waals surface area contributed by atoms with Gasteiger partial charge in [-0.2, -0.15) is 0 Å². The van der Waals surface area contributed by atoms with E-state index in [-0.39, 0.29) is 12.5 Å². The molecule has 1 fully saturated rings. The maximum absolute atomic E-state index is 12.2. The Morgan fingerprint density at radius 3 is 2.76 bits per heavy atom. The van der Waals surface area contributed by atoms with E-state index in [0.717, 1.165) is 4.88 Å². The van der Waals surface area contributed by atoms with Crippen LogP contribution in [0.25, 0.3) is 10.8 Å². The molecule has 3 amide bonds. The number of oxazole rings is 1.